The summed E-state index contributed by atoms with van der Waals surface area (Å²) in [4.78, 5) is 12.6. The van der Waals surface area contributed by atoms with Gasteiger partial charge in [-0.05, 0) is 43.7 Å². The quantitative estimate of drug-likeness (QED) is 0.912. The van der Waals surface area contributed by atoms with Crippen molar-refractivity contribution in [2.24, 2.45) is 13.0 Å². The summed E-state index contributed by atoms with van der Waals surface area (Å²) >= 11 is 0. The molecule has 0 bridgehead atoms. The van der Waals surface area contributed by atoms with Crippen LogP contribution in [-0.4, -0.2) is 27.7 Å². The van der Waals surface area contributed by atoms with Crippen molar-refractivity contribution in [2.75, 3.05) is 0 Å². The number of fused-ring (bicyclic) bond motifs is 1. The second-order valence-electron chi connectivity index (χ2n) is 6.47. The summed E-state index contributed by atoms with van der Waals surface area (Å²) in [6.07, 6.45) is 2.31. The minimum absolute atomic E-state index is 0.0219. The number of amides is 1. The third-order valence-corrected chi connectivity index (χ3v) is 4.97. The first kappa shape index (κ1) is 15.1. The monoisotopic (exact) mass is 300 g/mol. The number of aryl methyl sites for hydroxylation is 2. The number of para-hydroxylation sites is 1. The molecule has 3 rings (SSSR count). The van der Waals surface area contributed by atoms with Crippen LogP contribution in [0.25, 0.3) is 10.9 Å². The van der Waals surface area contributed by atoms with Crippen LogP contribution in [-0.2, 0) is 7.05 Å². The summed E-state index contributed by atoms with van der Waals surface area (Å²) < 4.78 is 1.97. The highest BCUT2D eigenvalue weighted by Gasteiger charge is 2.34. The van der Waals surface area contributed by atoms with Crippen molar-refractivity contribution in [1.82, 2.24) is 9.88 Å². The van der Waals surface area contributed by atoms with Gasteiger partial charge in [-0.2, -0.15) is 0 Å². The number of aromatic nitrogens is 1. The van der Waals surface area contributed by atoms with Gasteiger partial charge in [0.25, 0.3) is 5.91 Å². The van der Waals surface area contributed by atoms with E-state index in [0.717, 1.165) is 30.2 Å². The molecule has 2 aromatic rings. The predicted octanol–water partition coefficient (Wildman–Crippen LogP) is 2.77. The average Bonchev–Trinajstić information content (AvgIpc) is 2.80. The molecule has 1 aromatic heterocycles. The first-order chi connectivity index (χ1) is 10.5. The lowest BCUT2D eigenvalue weighted by molar-refractivity contribution is 0.0232. The normalized spacial score (nSPS) is 22.4. The molecule has 0 saturated heterocycles. The van der Waals surface area contributed by atoms with E-state index >= 15 is 0 Å². The first-order valence-electron chi connectivity index (χ1n) is 8.05. The Balaban J connectivity index is 1.83. The maximum absolute atomic E-state index is 12.6. The number of aliphatic hydroxyl groups is 1. The van der Waals surface area contributed by atoms with Gasteiger partial charge in [-0.25, -0.2) is 0 Å². The van der Waals surface area contributed by atoms with Crippen molar-refractivity contribution in [3.05, 3.63) is 35.5 Å². The fourth-order valence-corrected chi connectivity index (χ4v) is 3.59. The Morgan fingerprint density at radius 1 is 1.45 bits per heavy atom. The summed E-state index contributed by atoms with van der Waals surface area (Å²) in [5, 5.41) is 13.7. The van der Waals surface area contributed by atoms with Crippen LogP contribution in [0.5, 0.6) is 0 Å². The van der Waals surface area contributed by atoms with Crippen molar-refractivity contribution in [3.63, 3.8) is 0 Å². The Bertz CT molecular complexity index is 698. The summed E-state index contributed by atoms with van der Waals surface area (Å²) in [6, 6.07) is 8.23. The molecule has 1 aliphatic rings. The molecule has 1 aliphatic carbocycles. The third-order valence-electron chi connectivity index (χ3n) is 4.97. The van der Waals surface area contributed by atoms with Gasteiger partial charge in [0, 0.05) is 18.5 Å². The van der Waals surface area contributed by atoms with Crippen LogP contribution in [0.3, 0.4) is 0 Å². The number of carbonyl (C=O) groups is 1. The Hall–Kier alpha value is -1.81. The second kappa shape index (κ2) is 5.76. The lowest BCUT2D eigenvalue weighted by atomic mass is 9.76. The van der Waals surface area contributed by atoms with E-state index in [-0.39, 0.29) is 18.1 Å². The van der Waals surface area contributed by atoms with Crippen molar-refractivity contribution < 1.29 is 9.90 Å². The molecule has 2 N–H and O–H groups in total. The Kier molecular flexibility index (Phi) is 3.96. The molecule has 1 atom stereocenters. The van der Waals surface area contributed by atoms with Crippen LogP contribution in [0.4, 0.5) is 0 Å². The average molecular weight is 300 g/mol. The van der Waals surface area contributed by atoms with Crippen LogP contribution in [0.2, 0.25) is 0 Å². The molecule has 1 aromatic carbocycles. The molecule has 0 spiro atoms. The minimum atomic E-state index is -0.184. The van der Waals surface area contributed by atoms with Gasteiger partial charge in [0.1, 0.15) is 5.69 Å². The number of benzene rings is 1. The Morgan fingerprint density at radius 2 is 2.18 bits per heavy atom. The van der Waals surface area contributed by atoms with Gasteiger partial charge in [-0.3, -0.25) is 4.79 Å². The van der Waals surface area contributed by atoms with Crippen molar-refractivity contribution in [1.29, 1.82) is 0 Å². The summed E-state index contributed by atoms with van der Waals surface area (Å²) in [5.41, 5.74) is 2.98. The number of carbonyl (C=O) groups excluding carboxylic acids is 1. The highest BCUT2D eigenvalue weighted by molar-refractivity contribution is 5.99. The molecule has 1 heterocycles. The van der Waals surface area contributed by atoms with Gasteiger partial charge < -0.3 is 15.0 Å². The first-order valence-corrected chi connectivity index (χ1v) is 8.05. The molecule has 1 fully saturated rings. The maximum atomic E-state index is 12.6. The lowest BCUT2D eigenvalue weighted by Gasteiger charge is -2.37. The van der Waals surface area contributed by atoms with E-state index in [4.69, 9.17) is 0 Å². The van der Waals surface area contributed by atoms with E-state index < -0.39 is 0 Å². The van der Waals surface area contributed by atoms with E-state index in [1.54, 1.807) is 0 Å². The van der Waals surface area contributed by atoms with E-state index in [1.165, 1.54) is 5.56 Å². The summed E-state index contributed by atoms with van der Waals surface area (Å²) in [7, 11) is 1.94. The molecular formula is C18H24N2O2. The van der Waals surface area contributed by atoms with Crippen LogP contribution in [0, 0.1) is 12.8 Å². The number of nitrogens with zero attached hydrogens (tertiary/aromatic N) is 1. The fourth-order valence-electron chi connectivity index (χ4n) is 3.59. The number of aliphatic hydroxyl groups excluding tert-OH is 1. The lowest BCUT2D eigenvalue weighted by Crippen LogP contribution is -2.47. The van der Waals surface area contributed by atoms with Crippen LogP contribution in [0.1, 0.15) is 42.2 Å². The standard InChI is InChI=1S/C18H24N2O2/c1-4-15(13-8-14(21)9-13)19-18(22)16-10-12-7-5-6-11(2)17(12)20(16)3/h5-7,10,13-15,21H,4,8-9H2,1-3H3,(H,19,22)/t13?,14?,15-/m1/s1. The minimum Gasteiger partial charge on any atom is -0.393 e. The number of hydrogen-bond acceptors (Lipinski definition) is 2. The van der Waals surface area contributed by atoms with Crippen LogP contribution < -0.4 is 5.32 Å². The van der Waals surface area contributed by atoms with Crippen LogP contribution >= 0.6 is 0 Å². The highest BCUT2D eigenvalue weighted by atomic mass is 16.3. The molecule has 4 heteroatoms. The number of rotatable bonds is 4. The van der Waals surface area contributed by atoms with E-state index in [9.17, 15) is 9.90 Å². The van der Waals surface area contributed by atoms with Gasteiger partial charge in [0.05, 0.1) is 11.6 Å². The van der Waals surface area contributed by atoms with Crippen LogP contribution in [0.15, 0.2) is 24.3 Å². The van der Waals surface area contributed by atoms with Gasteiger partial charge in [-0.1, -0.05) is 25.1 Å². The van der Waals surface area contributed by atoms with Gasteiger partial charge in [-0.15, -0.1) is 0 Å². The third kappa shape index (κ3) is 2.52. The molecule has 118 valence electrons. The van der Waals surface area contributed by atoms with Crippen molar-refractivity contribution >= 4 is 16.8 Å². The fraction of sp³-hybridized carbons (Fsp3) is 0.500. The topological polar surface area (TPSA) is 54.3 Å². The van der Waals surface area contributed by atoms with Gasteiger partial charge in [0.15, 0.2) is 0 Å². The predicted molar refractivity (Wildman–Crippen MR) is 87.9 cm³/mol. The zero-order valence-electron chi connectivity index (χ0n) is 13.5. The SMILES string of the molecule is CC[C@@H](NC(=O)c1cc2cccc(C)c2n1C)C1CC(O)C1. The van der Waals surface area contributed by atoms with E-state index in [0.29, 0.717) is 11.6 Å². The van der Waals surface area contributed by atoms with Gasteiger partial charge in [0.2, 0.25) is 0 Å². The van der Waals surface area contributed by atoms with E-state index in [1.807, 2.05) is 29.8 Å². The number of nitrogens with one attached hydrogen (secondary N) is 1. The summed E-state index contributed by atoms with van der Waals surface area (Å²) in [6.45, 7) is 4.15. The molecule has 0 unspecified atom stereocenters. The highest BCUT2D eigenvalue weighted by Crippen LogP contribution is 2.31. The Labute approximate surface area is 131 Å². The molecule has 4 nitrogen and oxygen atoms in total. The maximum Gasteiger partial charge on any atom is 0.268 e. The molecule has 0 aliphatic heterocycles. The zero-order valence-corrected chi connectivity index (χ0v) is 13.5. The van der Waals surface area contributed by atoms with E-state index in [2.05, 4.69) is 25.2 Å². The molecule has 1 amide bonds. The van der Waals surface area contributed by atoms with Crippen molar-refractivity contribution in [2.45, 2.75) is 45.3 Å². The Morgan fingerprint density at radius 3 is 2.77 bits per heavy atom. The molecular weight excluding hydrogens is 276 g/mol. The largest absolute Gasteiger partial charge is 0.393 e. The smallest absolute Gasteiger partial charge is 0.268 e. The van der Waals surface area contributed by atoms with Gasteiger partial charge >= 0.3 is 0 Å². The van der Waals surface area contributed by atoms with Crippen molar-refractivity contribution in [3.8, 4) is 0 Å². The molecule has 22 heavy (non-hydrogen) atoms. The molecule has 0 radical (unpaired) electrons. The second-order valence-corrected chi connectivity index (χ2v) is 6.47. The number of hydrogen-bond donors (Lipinski definition) is 2. The zero-order chi connectivity index (χ0) is 15.9. The summed E-state index contributed by atoms with van der Waals surface area (Å²) in [5.74, 6) is 0.381. The molecule has 1 saturated carbocycles.